The van der Waals surface area contributed by atoms with Crippen molar-refractivity contribution in [3.05, 3.63) is 97.0 Å². The molecule has 4 rings (SSSR count). The Bertz CT molecular complexity index is 1660. The van der Waals surface area contributed by atoms with E-state index in [9.17, 15) is 19.7 Å². The first-order valence-corrected chi connectivity index (χ1v) is 13.8. The van der Waals surface area contributed by atoms with Crippen LogP contribution in [0.5, 0.6) is 11.5 Å². The van der Waals surface area contributed by atoms with Crippen molar-refractivity contribution in [2.75, 3.05) is 18.5 Å². The van der Waals surface area contributed by atoms with Gasteiger partial charge in [-0.15, -0.1) is 0 Å². The molecule has 0 aliphatic heterocycles. The van der Waals surface area contributed by atoms with Gasteiger partial charge in [-0.2, -0.15) is 9.78 Å². The van der Waals surface area contributed by atoms with Crippen LogP contribution in [0, 0.1) is 10.1 Å². The summed E-state index contributed by atoms with van der Waals surface area (Å²) >= 11 is 3.39. The lowest BCUT2D eigenvalue weighted by Crippen LogP contribution is -2.22. The third-order valence-corrected chi connectivity index (χ3v) is 6.40. The van der Waals surface area contributed by atoms with Gasteiger partial charge < -0.3 is 14.8 Å². The number of nitrogens with one attached hydrogen (secondary N) is 1. The Balaban J connectivity index is 1.69. The van der Waals surface area contributed by atoms with Crippen LogP contribution in [0.4, 0.5) is 11.4 Å². The Labute approximate surface area is 244 Å². The summed E-state index contributed by atoms with van der Waals surface area (Å²) in [5.74, 6) is -0.134. The highest BCUT2D eigenvalue weighted by Crippen LogP contribution is 2.38. The third-order valence-electron chi connectivity index (χ3n) is 5.91. The molecular formula is C29H28BrN5O6. The molecule has 12 heteroatoms. The number of para-hydroxylation sites is 1. The Morgan fingerprint density at radius 1 is 1.15 bits per heavy atom. The summed E-state index contributed by atoms with van der Waals surface area (Å²) in [7, 11) is 0. The molecule has 0 saturated carbocycles. The van der Waals surface area contributed by atoms with Gasteiger partial charge in [-0.25, -0.2) is 4.98 Å². The molecule has 0 aliphatic rings. The molecule has 1 amide bonds. The Morgan fingerprint density at radius 3 is 2.63 bits per heavy atom. The molecule has 1 N–H and O–H groups in total. The summed E-state index contributed by atoms with van der Waals surface area (Å²) in [6.45, 7) is 3.47. The van der Waals surface area contributed by atoms with Crippen molar-refractivity contribution in [2.45, 2.75) is 33.1 Å². The van der Waals surface area contributed by atoms with Crippen LogP contribution in [0.2, 0.25) is 0 Å². The number of unbranched alkanes of at least 4 members (excludes halogenated alkanes) is 1. The number of ether oxygens (including phenoxy) is 2. The molecule has 1 aromatic heterocycles. The molecule has 1 heterocycles. The first-order valence-electron chi connectivity index (χ1n) is 13.0. The largest absolute Gasteiger partial charge is 0.490 e. The van der Waals surface area contributed by atoms with E-state index in [-0.39, 0.29) is 23.7 Å². The maximum atomic E-state index is 13.4. The van der Waals surface area contributed by atoms with Crippen molar-refractivity contribution in [3.8, 4) is 11.5 Å². The van der Waals surface area contributed by atoms with Crippen LogP contribution in [0.3, 0.4) is 0 Å². The van der Waals surface area contributed by atoms with Crippen LogP contribution in [-0.4, -0.2) is 39.9 Å². The Morgan fingerprint density at radius 2 is 1.93 bits per heavy atom. The quantitative estimate of drug-likeness (QED) is 0.121. The average molecular weight is 622 g/mol. The number of halogens is 1. The number of nitrogens with zero attached hydrogens (tertiary/aromatic N) is 4. The first kappa shape index (κ1) is 29.4. The van der Waals surface area contributed by atoms with Crippen LogP contribution in [0.15, 0.2) is 75.0 Å². The van der Waals surface area contributed by atoms with Gasteiger partial charge in [0.15, 0.2) is 12.4 Å². The number of nitro groups is 1. The number of benzene rings is 3. The van der Waals surface area contributed by atoms with Crippen molar-refractivity contribution in [3.63, 3.8) is 0 Å². The number of fused-ring (bicyclic) bond motifs is 1. The molecule has 0 unspecified atom stereocenters. The second kappa shape index (κ2) is 13.7. The Kier molecular flexibility index (Phi) is 9.80. The number of aryl methyl sites for hydroxylation is 1. The van der Waals surface area contributed by atoms with E-state index in [1.807, 2.05) is 19.1 Å². The van der Waals surface area contributed by atoms with Gasteiger partial charge in [-0.05, 0) is 49.7 Å². The normalized spacial score (nSPS) is 11.1. The number of carbonyl (C=O) groups is 1. The number of aromatic nitrogens is 2. The van der Waals surface area contributed by atoms with Gasteiger partial charge in [0.05, 0.1) is 28.6 Å². The summed E-state index contributed by atoms with van der Waals surface area (Å²) < 4.78 is 13.2. The molecule has 3 aromatic carbocycles. The molecule has 0 radical (unpaired) electrons. The molecule has 212 valence electrons. The lowest BCUT2D eigenvalue weighted by Gasteiger charge is -2.13. The van der Waals surface area contributed by atoms with E-state index in [1.165, 1.54) is 23.0 Å². The Hall–Kier alpha value is -4.58. The summed E-state index contributed by atoms with van der Waals surface area (Å²) in [6.07, 6.45) is 3.56. The number of nitro benzene ring substituents is 1. The van der Waals surface area contributed by atoms with E-state index in [1.54, 1.807) is 43.3 Å². The molecule has 0 spiro atoms. The van der Waals surface area contributed by atoms with Gasteiger partial charge in [0.1, 0.15) is 5.82 Å². The SMILES string of the molecule is CCCCc1nc2ccc(Br)cc2c(=O)n1N=Cc1cc(OCC)c(OCC(=O)Nc2ccccc2)c([N+](=O)[O-])c1. The molecule has 0 aliphatic carbocycles. The van der Waals surface area contributed by atoms with Crippen LogP contribution in [0.25, 0.3) is 10.9 Å². The molecule has 0 atom stereocenters. The fraction of sp³-hybridized carbons (Fsp3) is 0.241. The second-order valence-corrected chi connectivity index (χ2v) is 9.83. The monoisotopic (exact) mass is 621 g/mol. The topological polar surface area (TPSA) is 138 Å². The first-order chi connectivity index (χ1) is 19.8. The van der Waals surface area contributed by atoms with Crippen molar-refractivity contribution in [1.29, 1.82) is 0 Å². The van der Waals surface area contributed by atoms with Crippen LogP contribution < -0.4 is 20.3 Å². The third kappa shape index (κ3) is 7.34. The molecule has 0 fully saturated rings. The molecule has 41 heavy (non-hydrogen) atoms. The van der Waals surface area contributed by atoms with Crippen LogP contribution in [0.1, 0.15) is 38.1 Å². The molecule has 0 bridgehead atoms. The van der Waals surface area contributed by atoms with Crippen LogP contribution in [-0.2, 0) is 11.2 Å². The second-order valence-electron chi connectivity index (χ2n) is 8.91. The number of carbonyl (C=O) groups excluding carboxylic acids is 1. The lowest BCUT2D eigenvalue weighted by atomic mass is 10.2. The fourth-order valence-corrected chi connectivity index (χ4v) is 4.38. The smallest absolute Gasteiger partial charge is 0.315 e. The van der Waals surface area contributed by atoms with E-state index >= 15 is 0 Å². The van der Waals surface area contributed by atoms with Gasteiger partial charge in [0.2, 0.25) is 5.75 Å². The van der Waals surface area contributed by atoms with E-state index in [2.05, 4.69) is 31.3 Å². The van der Waals surface area contributed by atoms with Crippen molar-refractivity contribution in [2.24, 2.45) is 5.10 Å². The maximum absolute atomic E-state index is 13.4. The average Bonchev–Trinajstić information content (AvgIpc) is 2.96. The summed E-state index contributed by atoms with van der Waals surface area (Å²) in [5, 5.41) is 19.4. The molecule has 4 aromatic rings. The summed E-state index contributed by atoms with van der Waals surface area (Å²) in [5.41, 5.74) is 0.648. The highest BCUT2D eigenvalue weighted by molar-refractivity contribution is 9.10. The molecule has 11 nitrogen and oxygen atoms in total. The van der Waals surface area contributed by atoms with Crippen molar-refractivity contribution in [1.82, 2.24) is 9.66 Å². The van der Waals surface area contributed by atoms with E-state index in [0.29, 0.717) is 34.4 Å². The van der Waals surface area contributed by atoms with Crippen LogP contribution >= 0.6 is 15.9 Å². The predicted molar refractivity (Wildman–Crippen MR) is 160 cm³/mol. The number of hydrogen-bond acceptors (Lipinski definition) is 8. The number of amides is 1. The summed E-state index contributed by atoms with van der Waals surface area (Å²) in [4.78, 5) is 41.8. The van der Waals surface area contributed by atoms with E-state index in [4.69, 9.17) is 9.47 Å². The minimum atomic E-state index is -0.627. The highest BCUT2D eigenvalue weighted by atomic mass is 79.9. The predicted octanol–water partition coefficient (Wildman–Crippen LogP) is 5.71. The number of hydrogen-bond donors (Lipinski definition) is 1. The van der Waals surface area contributed by atoms with Crippen molar-refractivity contribution < 1.29 is 19.2 Å². The molecule has 0 saturated heterocycles. The summed E-state index contributed by atoms with van der Waals surface area (Å²) in [6, 6.07) is 16.8. The van der Waals surface area contributed by atoms with Gasteiger partial charge in [-0.1, -0.05) is 47.5 Å². The molecular weight excluding hydrogens is 594 g/mol. The zero-order chi connectivity index (χ0) is 29.4. The maximum Gasteiger partial charge on any atom is 0.315 e. The zero-order valence-corrected chi connectivity index (χ0v) is 24.1. The number of anilines is 1. The zero-order valence-electron chi connectivity index (χ0n) is 22.5. The van der Waals surface area contributed by atoms with E-state index in [0.717, 1.165) is 17.3 Å². The number of rotatable bonds is 12. The minimum Gasteiger partial charge on any atom is -0.490 e. The van der Waals surface area contributed by atoms with E-state index < -0.39 is 23.1 Å². The highest BCUT2D eigenvalue weighted by Gasteiger charge is 2.23. The standard InChI is InChI=1S/C29H28BrN5O6/c1-3-5-11-26-33-23-13-12-20(30)16-22(23)29(37)34(26)31-17-19-14-24(35(38)39)28(25(15-19)40-4-2)41-18-27(36)32-21-9-7-6-8-10-21/h6-10,12-17H,3-5,11,18H2,1-2H3,(H,32,36). The van der Waals surface area contributed by atoms with Gasteiger partial charge in [0.25, 0.3) is 11.5 Å². The minimum absolute atomic E-state index is 0.0646. The van der Waals surface area contributed by atoms with Gasteiger partial charge in [-0.3, -0.25) is 19.7 Å². The fourth-order valence-electron chi connectivity index (χ4n) is 4.02. The van der Waals surface area contributed by atoms with Gasteiger partial charge >= 0.3 is 5.69 Å². The van der Waals surface area contributed by atoms with Crippen molar-refractivity contribution >= 4 is 50.3 Å². The van der Waals surface area contributed by atoms with Gasteiger partial charge in [0, 0.05) is 28.2 Å². The lowest BCUT2D eigenvalue weighted by molar-refractivity contribution is -0.385.